The number of aromatic hydroxyl groups is 1. The molecule has 0 aromatic heterocycles. The van der Waals surface area contributed by atoms with E-state index in [9.17, 15) is 9.59 Å². The van der Waals surface area contributed by atoms with Gasteiger partial charge in [0.15, 0.2) is 6.61 Å². The first-order valence-corrected chi connectivity index (χ1v) is 7.59. The van der Waals surface area contributed by atoms with Gasteiger partial charge >= 0.3 is 5.97 Å². The van der Waals surface area contributed by atoms with Gasteiger partial charge in [0.1, 0.15) is 11.5 Å². The van der Waals surface area contributed by atoms with E-state index in [0.29, 0.717) is 17.9 Å². The average Bonchev–Trinajstić information content (AvgIpc) is 2.62. The number of benzene rings is 2. The van der Waals surface area contributed by atoms with Crippen LogP contribution >= 0.6 is 0 Å². The third kappa shape index (κ3) is 5.98. The van der Waals surface area contributed by atoms with Crippen molar-refractivity contribution in [3.05, 3.63) is 59.7 Å². The van der Waals surface area contributed by atoms with Crippen LogP contribution in [-0.2, 0) is 9.53 Å². The zero-order valence-corrected chi connectivity index (χ0v) is 13.6. The molecule has 2 rings (SSSR count). The van der Waals surface area contributed by atoms with Crippen molar-refractivity contribution in [1.82, 2.24) is 5.43 Å². The first-order valence-electron chi connectivity index (χ1n) is 7.59. The van der Waals surface area contributed by atoms with Gasteiger partial charge in [-0.1, -0.05) is 0 Å². The van der Waals surface area contributed by atoms with Crippen LogP contribution in [0.1, 0.15) is 22.8 Å². The van der Waals surface area contributed by atoms with E-state index in [4.69, 9.17) is 14.6 Å². The highest BCUT2D eigenvalue weighted by Gasteiger charge is 2.07. The van der Waals surface area contributed by atoms with Crippen LogP contribution in [0.4, 0.5) is 0 Å². The van der Waals surface area contributed by atoms with Gasteiger partial charge in [0.2, 0.25) is 0 Å². The molecule has 0 bridgehead atoms. The summed E-state index contributed by atoms with van der Waals surface area (Å²) in [4.78, 5) is 23.2. The smallest absolute Gasteiger partial charge is 0.338 e. The summed E-state index contributed by atoms with van der Waals surface area (Å²) in [5.74, 6) is -0.228. The van der Waals surface area contributed by atoms with Crippen molar-refractivity contribution in [2.75, 3.05) is 13.2 Å². The maximum Gasteiger partial charge on any atom is 0.338 e. The van der Waals surface area contributed by atoms with Gasteiger partial charge < -0.3 is 14.6 Å². The van der Waals surface area contributed by atoms with Crippen molar-refractivity contribution in [2.24, 2.45) is 5.10 Å². The minimum atomic E-state index is -0.426. The van der Waals surface area contributed by atoms with Crippen molar-refractivity contribution >= 4 is 18.1 Å². The maximum atomic E-state index is 11.7. The van der Waals surface area contributed by atoms with Crippen LogP contribution in [0.5, 0.6) is 11.5 Å². The molecule has 0 unspecified atom stereocenters. The molecule has 2 N–H and O–H groups in total. The minimum absolute atomic E-state index is 0.156. The van der Waals surface area contributed by atoms with Crippen molar-refractivity contribution in [3.63, 3.8) is 0 Å². The number of rotatable bonds is 7. The predicted molar refractivity (Wildman–Crippen MR) is 91.7 cm³/mol. The molecule has 0 heterocycles. The van der Waals surface area contributed by atoms with Crippen molar-refractivity contribution in [2.45, 2.75) is 6.92 Å². The zero-order valence-electron chi connectivity index (χ0n) is 13.6. The molecule has 130 valence electrons. The van der Waals surface area contributed by atoms with Gasteiger partial charge in [-0.2, -0.15) is 5.10 Å². The van der Waals surface area contributed by atoms with Gasteiger partial charge in [0.05, 0.1) is 18.4 Å². The van der Waals surface area contributed by atoms with E-state index >= 15 is 0 Å². The van der Waals surface area contributed by atoms with Crippen LogP contribution in [0.25, 0.3) is 0 Å². The quantitative estimate of drug-likeness (QED) is 0.456. The Kier molecular flexibility index (Phi) is 6.53. The number of carbonyl (C=O) groups excluding carboxylic acids is 2. The van der Waals surface area contributed by atoms with Crippen molar-refractivity contribution in [3.8, 4) is 11.5 Å². The van der Waals surface area contributed by atoms with E-state index in [2.05, 4.69) is 10.5 Å². The van der Waals surface area contributed by atoms with Crippen LogP contribution in [0.15, 0.2) is 53.6 Å². The molecule has 1 amide bonds. The molecule has 0 fully saturated rings. The number of carbonyl (C=O) groups is 2. The second-order valence-corrected chi connectivity index (χ2v) is 4.92. The summed E-state index contributed by atoms with van der Waals surface area (Å²) in [5, 5.41) is 13.0. The molecular formula is C18H18N2O5. The Morgan fingerprint density at radius 1 is 1.12 bits per heavy atom. The molecule has 0 aliphatic carbocycles. The molecule has 0 saturated carbocycles. The lowest BCUT2D eigenvalue weighted by Crippen LogP contribution is -2.24. The number of hydrazone groups is 1. The Morgan fingerprint density at radius 3 is 2.44 bits per heavy atom. The van der Waals surface area contributed by atoms with Crippen molar-refractivity contribution < 1.29 is 24.2 Å². The van der Waals surface area contributed by atoms with Crippen LogP contribution < -0.4 is 10.2 Å². The number of amides is 1. The van der Waals surface area contributed by atoms with Gasteiger partial charge in [-0.15, -0.1) is 0 Å². The van der Waals surface area contributed by atoms with Crippen molar-refractivity contribution in [1.29, 1.82) is 0 Å². The van der Waals surface area contributed by atoms with E-state index in [-0.39, 0.29) is 12.4 Å². The van der Waals surface area contributed by atoms with E-state index in [1.807, 2.05) is 0 Å². The topological polar surface area (TPSA) is 97.2 Å². The fourth-order valence-electron chi connectivity index (χ4n) is 1.82. The Balaban J connectivity index is 1.77. The van der Waals surface area contributed by atoms with E-state index in [0.717, 1.165) is 5.56 Å². The lowest BCUT2D eigenvalue weighted by molar-refractivity contribution is -0.123. The van der Waals surface area contributed by atoms with E-state index < -0.39 is 11.9 Å². The third-order valence-corrected chi connectivity index (χ3v) is 3.03. The molecule has 7 heteroatoms. The number of esters is 1. The molecule has 0 spiro atoms. The Labute approximate surface area is 144 Å². The first-order chi connectivity index (χ1) is 12.1. The van der Waals surface area contributed by atoms with Gasteiger partial charge in [-0.3, -0.25) is 4.79 Å². The SMILES string of the molecule is CCOC(=O)c1ccc(OCC(=O)NN=Cc2ccc(O)cc2)cc1. The standard InChI is InChI=1S/C18H18N2O5/c1-2-24-18(23)14-5-9-16(10-6-14)25-12-17(22)20-19-11-13-3-7-15(21)8-4-13/h3-11,21H,2,12H2,1H3,(H,20,22). The minimum Gasteiger partial charge on any atom is -0.508 e. The molecule has 0 radical (unpaired) electrons. The molecule has 0 atom stereocenters. The molecule has 0 saturated heterocycles. The first kappa shape index (κ1) is 18.0. The number of nitrogens with zero attached hydrogens (tertiary/aromatic N) is 1. The second kappa shape index (κ2) is 9.07. The van der Waals surface area contributed by atoms with Crippen LogP contribution in [0.2, 0.25) is 0 Å². The Morgan fingerprint density at radius 2 is 1.80 bits per heavy atom. The number of phenolic OH excluding ortho intramolecular Hbond substituents is 1. The summed E-state index contributed by atoms with van der Waals surface area (Å²) >= 11 is 0. The van der Waals surface area contributed by atoms with E-state index in [1.165, 1.54) is 18.3 Å². The highest BCUT2D eigenvalue weighted by Crippen LogP contribution is 2.13. The summed E-state index contributed by atoms with van der Waals surface area (Å²) in [5.41, 5.74) is 3.48. The zero-order chi connectivity index (χ0) is 18.1. The number of ether oxygens (including phenoxy) is 2. The molecule has 7 nitrogen and oxygen atoms in total. The summed E-state index contributed by atoms with van der Waals surface area (Å²) in [6.07, 6.45) is 1.45. The van der Waals surface area contributed by atoms with Crippen LogP contribution in [0, 0.1) is 0 Å². The number of phenols is 1. The third-order valence-electron chi connectivity index (χ3n) is 3.03. The average molecular weight is 342 g/mol. The monoisotopic (exact) mass is 342 g/mol. The summed E-state index contributed by atoms with van der Waals surface area (Å²) < 4.78 is 10.2. The van der Waals surface area contributed by atoms with Crippen LogP contribution in [-0.4, -0.2) is 36.4 Å². The number of nitrogens with one attached hydrogen (secondary N) is 1. The summed E-state index contributed by atoms with van der Waals surface area (Å²) in [7, 11) is 0. The Hall–Kier alpha value is -3.35. The fourth-order valence-corrected chi connectivity index (χ4v) is 1.82. The molecule has 0 aliphatic heterocycles. The van der Waals surface area contributed by atoms with Gasteiger partial charge in [-0.25, -0.2) is 10.2 Å². The molecule has 0 aliphatic rings. The molecule has 2 aromatic carbocycles. The van der Waals surface area contributed by atoms with Crippen LogP contribution in [0.3, 0.4) is 0 Å². The molecule has 2 aromatic rings. The normalized spacial score (nSPS) is 10.4. The highest BCUT2D eigenvalue weighted by molar-refractivity contribution is 5.89. The summed E-state index contributed by atoms with van der Waals surface area (Å²) in [6.45, 7) is 1.83. The summed E-state index contributed by atoms with van der Waals surface area (Å²) in [6, 6.07) is 12.7. The Bertz CT molecular complexity index is 739. The maximum absolute atomic E-state index is 11.7. The molecular weight excluding hydrogens is 324 g/mol. The highest BCUT2D eigenvalue weighted by atomic mass is 16.5. The second-order valence-electron chi connectivity index (χ2n) is 4.92. The number of hydrogen-bond acceptors (Lipinski definition) is 6. The van der Waals surface area contributed by atoms with Gasteiger partial charge in [-0.05, 0) is 61.0 Å². The largest absolute Gasteiger partial charge is 0.508 e. The number of hydrogen-bond donors (Lipinski definition) is 2. The molecule has 25 heavy (non-hydrogen) atoms. The predicted octanol–water partition coefficient (Wildman–Crippen LogP) is 2.10. The lowest BCUT2D eigenvalue weighted by Gasteiger charge is -2.06. The lowest BCUT2D eigenvalue weighted by atomic mass is 10.2. The van der Waals surface area contributed by atoms with Gasteiger partial charge in [0.25, 0.3) is 5.91 Å². The van der Waals surface area contributed by atoms with E-state index in [1.54, 1.807) is 43.3 Å². The fraction of sp³-hybridized carbons (Fsp3) is 0.167. The van der Waals surface area contributed by atoms with Gasteiger partial charge in [0, 0.05) is 0 Å².